The molecule has 1 aromatic rings. The molecule has 0 atom stereocenters. The highest BCUT2D eigenvalue weighted by Gasteiger charge is 2.12. The van der Waals surface area contributed by atoms with E-state index in [0.29, 0.717) is 12.1 Å². The van der Waals surface area contributed by atoms with E-state index in [1.54, 1.807) is 0 Å². The van der Waals surface area contributed by atoms with E-state index in [1.165, 1.54) is 0 Å². The minimum absolute atomic E-state index is 0.155. The fourth-order valence-electron chi connectivity index (χ4n) is 1.55. The Morgan fingerprint density at radius 1 is 1.25 bits per heavy atom. The fraction of sp³-hybridized carbons (Fsp3) is 0.455. The smallest absolute Gasteiger partial charge is 0.232 e. The van der Waals surface area contributed by atoms with Crippen molar-refractivity contribution in [3.05, 3.63) is 27.7 Å². The Balaban J connectivity index is 3.07. The first-order valence-electron chi connectivity index (χ1n) is 5.13. The average Bonchev–Trinajstić information content (AvgIpc) is 2.11. The molecule has 90 valence electrons. The molecular formula is C11H16BrNO2S. The first kappa shape index (κ1) is 13.5. The van der Waals surface area contributed by atoms with E-state index in [9.17, 15) is 8.42 Å². The predicted octanol–water partition coefficient (Wildman–Crippen LogP) is 3.22. The van der Waals surface area contributed by atoms with Gasteiger partial charge in [-0.2, -0.15) is 0 Å². The van der Waals surface area contributed by atoms with Crippen LogP contribution in [-0.4, -0.2) is 14.2 Å². The number of aryl methyl sites for hydroxylation is 2. The van der Waals surface area contributed by atoms with Crippen LogP contribution in [0.25, 0.3) is 0 Å². The molecular weight excluding hydrogens is 290 g/mol. The van der Waals surface area contributed by atoms with Gasteiger partial charge in [-0.3, -0.25) is 4.72 Å². The van der Waals surface area contributed by atoms with Crippen molar-refractivity contribution in [1.82, 2.24) is 0 Å². The summed E-state index contributed by atoms with van der Waals surface area (Å²) in [6.07, 6.45) is 0.615. The number of anilines is 1. The van der Waals surface area contributed by atoms with Crippen LogP contribution < -0.4 is 4.72 Å². The maximum atomic E-state index is 11.7. The first-order chi connectivity index (χ1) is 7.35. The first-order valence-corrected chi connectivity index (χ1v) is 7.57. The molecule has 5 heteroatoms. The summed E-state index contributed by atoms with van der Waals surface area (Å²) in [5.74, 6) is 0.155. The maximum absolute atomic E-state index is 11.7. The molecule has 0 aliphatic heterocycles. The molecule has 0 aliphatic rings. The van der Waals surface area contributed by atoms with Gasteiger partial charge < -0.3 is 0 Å². The highest BCUT2D eigenvalue weighted by molar-refractivity contribution is 9.10. The molecule has 0 saturated carbocycles. The van der Waals surface area contributed by atoms with E-state index in [1.807, 2.05) is 32.9 Å². The zero-order chi connectivity index (χ0) is 12.3. The minimum atomic E-state index is -3.21. The van der Waals surface area contributed by atoms with Crippen LogP contribution in [0.5, 0.6) is 0 Å². The molecule has 0 spiro atoms. The van der Waals surface area contributed by atoms with Gasteiger partial charge in [0, 0.05) is 4.47 Å². The number of nitrogens with one attached hydrogen (secondary N) is 1. The molecule has 0 fully saturated rings. The summed E-state index contributed by atoms with van der Waals surface area (Å²) in [7, 11) is -3.21. The number of sulfonamides is 1. The van der Waals surface area contributed by atoms with Gasteiger partial charge in [0.1, 0.15) is 0 Å². The van der Waals surface area contributed by atoms with Crippen molar-refractivity contribution in [1.29, 1.82) is 0 Å². The van der Waals surface area contributed by atoms with Gasteiger partial charge >= 0.3 is 0 Å². The van der Waals surface area contributed by atoms with Gasteiger partial charge in [0.15, 0.2) is 0 Å². The van der Waals surface area contributed by atoms with Gasteiger partial charge in [-0.15, -0.1) is 0 Å². The van der Waals surface area contributed by atoms with Crippen molar-refractivity contribution >= 4 is 31.6 Å². The Bertz CT molecular complexity index is 460. The van der Waals surface area contributed by atoms with E-state index in [0.717, 1.165) is 15.6 Å². The molecule has 0 bridgehead atoms. The van der Waals surface area contributed by atoms with E-state index in [2.05, 4.69) is 20.7 Å². The van der Waals surface area contributed by atoms with Crippen molar-refractivity contribution in [2.45, 2.75) is 27.2 Å². The predicted molar refractivity (Wildman–Crippen MR) is 71.3 cm³/mol. The third kappa shape index (κ3) is 3.49. The third-order valence-corrected chi connectivity index (χ3v) is 4.15. The molecule has 0 aliphatic carbocycles. The molecule has 0 aromatic heterocycles. The second-order valence-electron chi connectivity index (χ2n) is 3.84. The topological polar surface area (TPSA) is 46.2 Å². The Morgan fingerprint density at radius 2 is 1.75 bits per heavy atom. The Morgan fingerprint density at radius 3 is 2.19 bits per heavy atom. The normalized spacial score (nSPS) is 11.5. The van der Waals surface area contributed by atoms with E-state index < -0.39 is 10.0 Å². The largest absolute Gasteiger partial charge is 0.283 e. The number of benzene rings is 1. The van der Waals surface area contributed by atoms with Gasteiger partial charge in [0.05, 0.1) is 11.4 Å². The number of halogens is 1. The number of hydrogen-bond acceptors (Lipinski definition) is 2. The summed E-state index contributed by atoms with van der Waals surface area (Å²) in [6.45, 7) is 5.63. The Kier molecular flexibility index (Phi) is 4.38. The average molecular weight is 306 g/mol. The van der Waals surface area contributed by atoms with Crippen LogP contribution in [0.1, 0.15) is 24.5 Å². The highest BCUT2D eigenvalue weighted by atomic mass is 79.9. The van der Waals surface area contributed by atoms with Gasteiger partial charge in [0.25, 0.3) is 0 Å². The Hall–Kier alpha value is -0.550. The number of rotatable bonds is 4. The molecule has 1 rings (SSSR count). The Labute approximate surface area is 105 Å². The summed E-state index contributed by atoms with van der Waals surface area (Å²) < 4.78 is 26.9. The zero-order valence-electron chi connectivity index (χ0n) is 9.67. The second kappa shape index (κ2) is 5.19. The molecule has 1 aromatic carbocycles. The van der Waals surface area contributed by atoms with Gasteiger partial charge in [0.2, 0.25) is 10.0 Å². The van der Waals surface area contributed by atoms with Gasteiger partial charge in [-0.05, 0) is 43.5 Å². The quantitative estimate of drug-likeness (QED) is 0.928. The molecule has 0 heterocycles. The van der Waals surface area contributed by atoms with Crippen LogP contribution in [0, 0.1) is 13.8 Å². The summed E-state index contributed by atoms with van der Waals surface area (Å²) in [5, 5.41) is 0. The van der Waals surface area contributed by atoms with Crippen molar-refractivity contribution in [3.8, 4) is 0 Å². The standard InChI is InChI=1S/C11H16BrNO2S/c1-4-5-16(14,15)13-11-8(2)6-10(12)7-9(11)3/h6-7,13H,4-5H2,1-3H3. The molecule has 0 amide bonds. The molecule has 3 nitrogen and oxygen atoms in total. The summed E-state index contributed by atoms with van der Waals surface area (Å²) in [5.41, 5.74) is 2.54. The number of hydrogen-bond donors (Lipinski definition) is 1. The van der Waals surface area contributed by atoms with Crippen molar-refractivity contribution < 1.29 is 8.42 Å². The van der Waals surface area contributed by atoms with E-state index in [4.69, 9.17) is 0 Å². The van der Waals surface area contributed by atoms with Crippen LogP contribution in [0.15, 0.2) is 16.6 Å². The van der Waals surface area contributed by atoms with Crippen LogP contribution in [0.3, 0.4) is 0 Å². The molecule has 0 unspecified atom stereocenters. The highest BCUT2D eigenvalue weighted by Crippen LogP contribution is 2.26. The fourth-order valence-corrected chi connectivity index (χ4v) is 3.51. The van der Waals surface area contributed by atoms with Crippen molar-refractivity contribution in [3.63, 3.8) is 0 Å². The van der Waals surface area contributed by atoms with Crippen LogP contribution in [0.4, 0.5) is 5.69 Å². The second-order valence-corrected chi connectivity index (χ2v) is 6.59. The van der Waals surface area contributed by atoms with E-state index >= 15 is 0 Å². The molecule has 0 radical (unpaired) electrons. The van der Waals surface area contributed by atoms with Crippen molar-refractivity contribution in [2.24, 2.45) is 0 Å². The van der Waals surface area contributed by atoms with Crippen LogP contribution in [0.2, 0.25) is 0 Å². The van der Waals surface area contributed by atoms with E-state index in [-0.39, 0.29) is 5.75 Å². The summed E-state index contributed by atoms with van der Waals surface area (Å²) in [6, 6.07) is 3.80. The van der Waals surface area contributed by atoms with Gasteiger partial charge in [-0.25, -0.2) is 8.42 Å². The lowest BCUT2D eigenvalue weighted by molar-refractivity contribution is 0.600. The summed E-state index contributed by atoms with van der Waals surface area (Å²) in [4.78, 5) is 0. The maximum Gasteiger partial charge on any atom is 0.232 e. The summed E-state index contributed by atoms with van der Waals surface area (Å²) >= 11 is 3.38. The molecule has 1 N–H and O–H groups in total. The van der Waals surface area contributed by atoms with Crippen molar-refractivity contribution in [2.75, 3.05) is 10.5 Å². The SMILES string of the molecule is CCCS(=O)(=O)Nc1c(C)cc(Br)cc1C. The monoisotopic (exact) mass is 305 g/mol. The lowest BCUT2D eigenvalue weighted by Gasteiger charge is -2.13. The lowest BCUT2D eigenvalue weighted by atomic mass is 10.1. The molecule has 16 heavy (non-hydrogen) atoms. The zero-order valence-corrected chi connectivity index (χ0v) is 12.1. The molecule has 0 saturated heterocycles. The minimum Gasteiger partial charge on any atom is -0.283 e. The lowest BCUT2D eigenvalue weighted by Crippen LogP contribution is -2.17. The van der Waals surface area contributed by atoms with Crippen LogP contribution >= 0.6 is 15.9 Å². The third-order valence-electron chi connectivity index (χ3n) is 2.23. The van der Waals surface area contributed by atoms with Gasteiger partial charge in [-0.1, -0.05) is 22.9 Å². The van der Waals surface area contributed by atoms with Crippen LogP contribution in [-0.2, 0) is 10.0 Å².